The first kappa shape index (κ1) is 29.4. The fourth-order valence-electron chi connectivity index (χ4n) is 9.18. The van der Waals surface area contributed by atoms with Gasteiger partial charge in [0.05, 0.1) is 27.8 Å². The van der Waals surface area contributed by atoms with E-state index in [1.54, 1.807) is 0 Å². The first-order valence-electron chi connectivity index (χ1n) is 18.5. The van der Waals surface area contributed by atoms with Crippen molar-refractivity contribution in [1.29, 1.82) is 0 Å². The molecule has 0 spiro atoms. The van der Waals surface area contributed by atoms with Crippen LogP contribution in [0.15, 0.2) is 188 Å². The van der Waals surface area contributed by atoms with Gasteiger partial charge in [0.15, 0.2) is 0 Å². The van der Waals surface area contributed by atoms with Crippen molar-refractivity contribution in [3.05, 3.63) is 188 Å². The fourth-order valence-corrected chi connectivity index (χ4v) is 9.18. The van der Waals surface area contributed by atoms with Crippen molar-refractivity contribution in [2.45, 2.75) is 0 Å². The van der Waals surface area contributed by atoms with E-state index in [2.05, 4.69) is 190 Å². The summed E-state index contributed by atoms with van der Waals surface area (Å²) >= 11 is 0. The lowest BCUT2D eigenvalue weighted by Crippen LogP contribution is -1.95. The van der Waals surface area contributed by atoms with Crippen LogP contribution in [0.25, 0.3) is 110 Å². The molecule has 3 aromatic heterocycles. The molecule has 250 valence electrons. The zero-order chi connectivity index (χ0) is 35.3. The molecule has 1 aliphatic rings. The third kappa shape index (κ3) is 4.09. The quantitative estimate of drug-likeness (QED) is 0.181. The van der Waals surface area contributed by atoms with Crippen molar-refractivity contribution < 1.29 is 0 Å². The number of pyridine rings is 1. The maximum absolute atomic E-state index is 4.47. The van der Waals surface area contributed by atoms with Crippen LogP contribution in [0.5, 0.6) is 0 Å². The molecular formula is C51H31N3. The van der Waals surface area contributed by atoms with Gasteiger partial charge in [0.25, 0.3) is 0 Å². The Morgan fingerprint density at radius 1 is 0.333 bits per heavy atom. The highest BCUT2D eigenvalue weighted by Gasteiger charge is 2.24. The van der Waals surface area contributed by atoms with E-state index in [4.69, 9.17) is 0 Å². The Kier molecular flexibility index (Phi) is 6.05. The van der Waals surface area contributed by atoms with E-state index in [1.807, 2.05) is 12.4 Å². The molecule has 1 aliphatic carbocycles. The van der Waals surface area contributed by atoms with Crippen molar-refractivity contribution in [1.82, 2.24) is 14.1 Å². The van der Waals surface area contributed by atoms with Gasteiger partial charge in [0.2, 0.25) is 0 Å². The second-order valence-electron chi connectivity index (χ2n) is 14.4. The Hall–Kier alpha value is -7.23. The summed E-state index contributed by atoms with van der Waals surface area (Å²) in [7, 11) is 0. The summed E-state index contributed by atoms with van der Waals surface area (Å²) in [5, 5.41) is 7.56. The van der Waals surface area contributed by atoms with E-state index < -0.39 is 0 Å². The van der Waals surface area contributed by atoms with Crippen LogP contribution in [0.4, 0.5) is 0 Å². The molecule has 0 bridgehead atoms. The predicted molar refractivity (Wildman–Crippen MR) is 226 cm³/mol. The number of hydrogen-bond acceptors (Lipinski definition) is 1. The van der Waals surface area contributed by atoms with Gasteiger partial charge in [0, 0.05) is 50.6 Å². The summed E-state index contributed by atoms with van der Waals surface area (Å²) in [5.41, 5.74) is 17.0. The molecule has 0 fully saturated rings. The van der Waals surface area contributed by atoms with E-state index in [9.17, 15) is 0 Å². The summed E-state index contributed by atoms with van der Waals surface area (Å²) in [5.74, 6) is 0. The Labute approximate surface area is 311 Å². The third-order valence-electron chi connectivity index (χ3n) is 11.5. The molecule has 3 heteroatoms. The molecule has 12 rings (SSSR count). The van der Waals surface area contributed by atoms with E-state index in [1.165, 1.54) is 105 Å². The van der Waals surface area contributed by atoms with Crippen molar-refractivity contribution in [2.24, 2.45) is 0 Å². The smallest absolute Gasteiger partial charge is 0.0541 e. The van der Waals surface area contributed by atoms with Crippen molar-refractivity contribution in [2.75, 3.05) is 0 Å². The molecule has 0 N–H and O–H groups in total. The van der Waals surface area contributed by atoms with Gasteiger partial charge in [0.1, 0.15) is 0 Å². The Bertz CT molecular complexity index is 3300. The number of fused-ring (bicyclic) bond motifs is 9. The lowest BCUT2D eigenvalue weighted by molar-refractivity contribution is 1.18. The minimum atomic E-state index is 1.16. The molecule has 3 heterocycles. The van der Waals surface area contributed by atoms with Crippen LogP contribution >= 0.6 is 0 Å². The van der Waals surface area contributed by atoms with E-state index in [-0.39, 0.29) is 0 Å². The Morgan fingerprint density at radius 2 is 0.926 bits per heavy atom. The molecule has 3 nitrogen and oxygen atoms in total. The minimum absolute atomic E-state index is 1.16. The van der Waals surface area contributed by atoms with Crippen LogP contribution in [0.2, 0.25) is 0 Å². The molecule has 0 saturated heterocycles. The van der Waals surface area contributed by atoms with Gasteiger partial charge in [-0.25, -0.2) is 0 Å². The summed E-state index contributed by atoms with van der Waals surface area (Å²) in [6, 6.07) is 64.5. The SMILES string of the molecule is c1ccc(-c2cccc(-n3c4ccccc4c4cc(-c5ccc6c(c5)c5ccccc5n6-c5ccc6c7c(cccc57)-c5cnccc5-6)ccc43)c2)cc1. The highest BCUT2D eigenvalue weighted by atomic mass is 15.0. The van der Waals surface area contributed by atoms with E-state index >= 15 is 0 Å². The van der Waals surface area contributed by atoms with E-state index in [0.29, 0.717) is 0 Å². The zero-order valence-corrected chi connectivity index (χ0v) is 29.2. The summed E-state index contributed by atoms with van der Waals surface area (Å²) in [4.78, 5) is 4.47. The maximum atomic E-state index is 4.47. The van der Waals surface area contributed by atoms with Crippen molar-refractivity contribution in [3.8, 4) is 55.9 Å². The third-order valence-corrected chi connectivity index (χ3v) is 11.5. The number of aromatic nitrogens is 3. The topological polar surface area (TPSA) is 22.8 Å². The Balaban J connectivity index is 1.03. The van der Waals surface area contributed by atoms with Crippen LogP contribution in [0.1, 0.15) is 0 Å². The maximum Gasteiger partial charge on any atom is 0.0541 e. The molecule has 0 aliphatic heterocycles. The highest BCUT2D eigenvalue weighted by Crippen LogP contribution is 2.49. The van der Waals surface area contributed by atoms with E-state index in [0.717, 1.165) is 5.69 Å². The van der Waals surface area contributed by atoms with Gasteiger partial charge in [-0.15, -0.1) is 0 Å². The molecule has 0 atom stereocenters. The molecule has 0 radical (unpaired) electrons. The molecule has 8 aromatic carbocycles. The molecule has 0 saturated carbocycles. The fraction of sp³-hybridized carbons (Fsp3) is 0. The number of hydrogen-bond donors (Lipinski definition) is 0. The molecule has 11 aromatic rings. The molecule has 54 heavy (non-hydrogen) atoms. The van der Waals surface area contributed by atoms with Gasteiger partial charge < -0.3 is 9.13 Å². The number of para-hydroxylation sites is 2. The average molecular weight is 686 g/mol. The average Bonchev–Trinajstić information content (AvgIpc) is 3.87. The molecular weight excluding hydrogens is 655 g/mol. The lowest BCUT2D eigenvalue weighted by atomic mass is 10.0. The summed E-state index contributed by atoms with van der Waals surface area (Å²) < 4.78 is 4.86. The van der Waals surface area contributed by atoms with Crippen LogP contribution in [0, 0.1) is 0 Å². The lowest BCUT2D eigenvalue weighted by Gasteiger charge is -2.13. The highest BCUT2D eigenvalue weighted by molar-refractivity contribution is 6.19. The predicted octanol–water partition coefficient (Wildman–Crippen LogP) is 13.4. The van der Waals surface area contributed by atoms with Crippen molar-refractivity contribution in [3.63, 3.8) is 0 Å². The van der Waals surface area contributed by atoms with Crippen LogP contribution < -0.4 is 0 Å². The first-order chi connectivity index (χ1) is 26.8. The zero-order valence-electron chi connectivity index (χ0n) is 29.2. The molecule has 0 unspecified atom stereocenters. The van der Waals surface area contributed by atoms with Gasteiger partial charge in [-0.2, -0.15) is 0 Å². The second-order valence-corrected chi connectivity index (χ2v) is 14.4. The minimum Gasteiger partial charge on any atom is -0.309 e. The second kappa shape index (κ2) is 11.1. The number of rotatable bonds is 4. The summed E-state index contributed by atoms with van der Waals surface area (Å²) in [6.45, 7) is 0. The standard InChI is InChI=1S/C51H31N3/c1-2-10-32(11-3-1)33-12-8-13-36(28-33)53-46-18-6-4-14-38(46)43-29-34(20-23-49(43)53)35-21-24-50-44(30-35)39-15-5-7-19-47(39)54(50)48-25-22-41-37-26-27-52-31-45(37)40-16-9-17-42(48)51(40)41/h1-31H. The normalized spacial score (nSPS) is 12.1. The van der Waals surface area contributed by atoms with Crippen LogP contribution in [-0.2, 0) is 0 Å². The monoisotopic (exact) mass is 685 g/mol. The van der Waals surface area contributed by atoms with Gasteiger partial charge in [-0.3, -0.25) is 4.98 Å². The number of nitrogens with zero attached hydrogens (tertiary/aromatic N) is 3. The summed E-state index contributed by atoms with van der Waals surface area (Å²) in [6.07, 6.45) is 3.90. The largest absolute Gasteiger partial charge is 0.309 e. The van der Waals surface area contributed by atoms with Crippen LogP contribution in [0.3, 0.4) is 0 Å². The van der Waals surface area contributed by atoms with Gasteiger partial charge in [-0.05, 0) is 105 Å². The van der Waals surface area contributed by atoms with Crippen LogP contribution in [-0.4, -0.2) is 14.1 Å². The Morgan fingerprint density at radius 3 is 1.70 bits per heavy atom. The van der Waals surface area contributed by atoms with Gasteiger partial charge >= 0.3 is 0 Å². The number of benzene rings is 8. The van der Waals surface area contributed by atoms with Gasteiger partial charge in [-0.1, -0.05) is 115 Å². The molecule has 0 amide bonds. The van der Waals surface area contributed by atoms with Crippen molar-refractivity contribution >= 4 is 54.4 Å². The first-order valence-corrected chi connectivity index (χ1v) is 18.5.